The zero-order valence-electron chi connectivity index (χ0n) is 38.3. The summed E-state index contributed by atoms with van der Waals surface area (Å²) in [5.74, 6) is 0. The molecule has 0 bridgehead atoms. The predicted molar refractivity (Wildman–Crippen MR) is 295 cm³/mol. The summed E-state index contributed by atoms with van der Waals surface area (Å²) in [5, 5.41) is 4.93. The second-order valence-corrected chi connectivity index (χ2v) is 17.8. The number of nitrogens with zero attached hydrogens (tertiary/aromatic N) is 4. The minimum Gasteiger partial charge on any atom is -0.310 e. The molecule has 4 heteroatoms. The van der Waals surface area contributed by atoms with E-state index in [0.717, 1.165) is 78.8 Å². The Kier molecular flexibility index (Phi) is 10.1. The van der Waals surface area contributed by atoms with Crippen molar-refractivity contribution in [3.8, 4) is 33.6 Å². The summed E-state index contributed by atoms with van der Waals surface area (Å²) >= 11 is 0. The Labute approximate surface area is 407 Å². The molecule has 0 fully saturated rings. The van der Waals surface area contributed by atoms with Crippen molar-refractivity contribution in [1.29, 1.82) is 0 Å². The van der Waals surface area contributed by atoms with Crippen LogP contribution in [0.5, 0.6) is 0 Å². The van der Waals surface area contributed by atoms with Crippen molar-refractivity contribution in [1.82, 2.24) is 9.13 Å². The van der Waals surface area contributed by atoms with Gasteiger partial charge >= 0.3 is 0 Å². The van der Waals surface area contributed by atoms with Crippen LogP contribution in [0.2, 0.25) is 0 Å². The molecule has 0 aliphatic rings. The van der Waals surface area contributed by atoms with E-state index in [1.165, 1.54) is 32.6 Å². The molecule has 4 nitrogen and oxygen atoms in total. The largest absolute Gasteiger partial charge is 0.310 e. The SMILES string of the molecule is c1ccc(N(c2cccc(-c3ccccc3-c3cccc(N(c4ccccc4)c4ccc5c6ccccc6n(-c6ccccc6)c5c4)c3)c2)c2ccc3c4ccccc4n(-c4ccccc4)c3c2)cc1. The van der Waals surface area contributed by atoms with Gasteiger partial charge in [0.2, 0.25) is 0 Å². The van der Waals surface area contributed by atoms with E-state index in [9.17, 15) is 0 Å². The lowest BCUT2D eigenvalue weighted by atomic mass is 9.93. The van der Waals surface area contributed by atoms with Crippen molar-refractivity contribution >= 4 is 77.7 Å². The van der Waals surface area contributed by atoms with Crippen LogP contribution in [0.3, 0.4) is 0 Å². The number of aromatic nitrogens is 2. The lowest BCUT2D eigenvalue weighted by molar-refractivity contribution is 1.18. The second kappa shape index (κ2) is 17.4. The topological polar surface area (TPSA) is 16.3 Å². The smallest absolute Gasteiger partial charge is 0.0561 e. The summed E-state index contributed by atoms with van der Waals surface area (Å²) in [5.41, 5.74) is 18.1. The molecule has 13 aromatic rings. The maximum absolute atomic E-state index is 2.39. The lowest BCUT2D eigenvalue weighted by Gasteiger charge is -2.27. The first kappa shape index (κ1) is 40.9. The summed E-state index contributed by atoms with van der Waals surface area (Å²) in [6, 6.07) is 101. The van der Waals surface area contributed by atoms with Gasteiger partial charge in [-0.2, -0.15) is 0 Å². The molecule has 2 aromatic heterocycles. The molecule has 70 heavy (non-hydrogen) atoms. The second-order valence-electron chi connectivity index (χ2n) is 17.8. The molecule has 0 N–H and O–H groups in total. The maximum Gasteiger partial charge on any atom is 0.0561 e. The Hall–Kier alpha value is -9.38. The number of benzene rings is 11. The Morgan fingerprint density at radius 1 is 0.214 bits per heavy atom. The molecule has 0 aliphatic carbocycles. The third-order valence-corrected chi connectivity index (χ3v) is 13.6. The van der Waals surface area contributed by atoms with Crippen LogP contribution in [0.4, 0.5) is 34.1 Å². The first-order valence-corrected chi connectivity index (χ1v) is 23.9. The van der Waals surface area contributed by atoms with E-state index in [-0.39, 0.29) is 0 Å². The van der Waals surface area contributed by atoms with E-state index in [2.05, 4.69) is 298 Å². The van der Waals surface area contributed by atoms with Gasteiger partial charge in [0.05, 0.1) is 22.1 Å². The van der Waals surface area contributed by atoms with Crippen LogP contribution in [0.1, 0.15) is 0 Å². The van der Waals surface area contributed by atoms with E-state index < -0.39 is 0 Å². The minimum atomic E-state index is 1.08. The fourth-order valence-corrected chi connectivity index (χ4v) is 10.6. The highest BCUT2D eigenvalue weighted by Gasteiger charge is 2.21. The first-order chi connectivity index (χ1) is 34.7. The Bertz CT molecular complexity index is 3740. The van der Waals surface area contributed by atoms with Gasteiger partial charge in [-0.3, -0.25) is 0 Å². The van der Waals surface area contributed by atoms with Gasteiger partial charge in [-0.05, 0) is 131 Å². The highest BCUT2D eigenvalue weighted by Crippen LogP contribution is 2.44. The van der Waals surface area contributed by atoms with E-state index in [4.69, 9.17) is 0 Å². The fourth-order valence-electron chi connectivity index (χ4n) is 10.6. The molecule has 11 aromatic carbocycles. The van der Waals surface area contributed by atoms with Crippen LogP contribution >= 0.6 is 0 Å². The fraction of sp³-hybridized carbons (Fsp3) is 0. The lowest BCUT2D eigenvalue weighted by Crippen LogP contribution is -2.10. The van der Waals surface area contributed by atoms with Gasteiger partial charge in [-0.15, -0.1) is 0 Å². The highest BCUT2D eigenvalue weighted by atomic mass is 15.2. The molecule has 13 rings (SSSR count). The molecule has 0 radical (unpaired) electrons. The summed E-state index contributed by atoms with van der Waals surface area (Å²) in [4.78, 5) is 4.76. The summed E-state index contributed by atoms with van der Waals surface area (Å²) in [6.45, 7) is 0. The Balaban J connectivity index is 0.926. The summed E-state index contributed by atoms with van der Waals surface area (Å²) < 4.78 is 4.78. The molecule has 0 amide bonds. The number of fused-ring (bicyclic) bond motifs is 6. The van der Waals surface area contributed by atoms with Crippen molar-refractivity contribution in [2.45, 2.75) is 0 Å². The Morgan fingerprint density at radius 2 is 0.543 bits per heavy atom. The van der Waals surface area contributed by atoms with Gasteiger partial charge in [0.1, 0.15) is 0 Å². The van der Waals surface area contributed by atoms with Crippen LogP contribution in [0.25, 0.3) is 77.2 Å². The monoisotopic (exact) mass is 894 g/mol. The zero-order valence-corrected chi connectivity index (χ0v) is 38.3. The molecule has 0 spiro atoms. The molecule has 0 atom stereocenters. The molecule has 330 valence electrons. The first-order valence-electron chi connectivity index (χ1n) is 23.9. The molecular formula is C66H46N4. The molecule has 0 saturated carbocycles. The zero-order chi connectivity index (χ0) is 46.4. The van der Waals surface area contributed by atoms with Gasteiger partial charge in [0.25, 0.3) is 0 Å². The van der Waals surface area contributed by atoms with E-state index in [1.54, 1.807) is 0 Å². The van der Waals surface area contributed by atoms with Crippen molar-refractivity contribution in [3.05, 3.63) is 279 Å². The van der Waals surface area contributed by atoms with Gasteiger partial charge in [0, 0.05) is 67.0 Å². The van der Waals surface area contributed by atoms with Crippen molar-refractivity contribution in [3.63, 3.8) is 0 Å². The average molecular weight is 895 g/mol. The van der Waals surface area contributed by atoms with Gasteiger partial charge in [0.15, 0.2) is 0 Å². The van der Waals surface area contributed by atoms with Gasteiger partial charge in [-0.1, -0.05) is 170 Å². The van der Waals surface area contributed by atoms with Gasteiger partial charge in [-0.25, -0.2) is 0 Å². The van der Waals surface area contributed by atoms with E-state index in [0.29, 0.717) is 0 Å². The maximum atomic E-state index is 2.39. The number of para-hydroxylation sites is 6. The molecule has 0 saturated heterocycles. The normalized spacial score (nSPS) is 11.4. The number of anilines is 6. The minimum absolute atomic E-state index is 1.08. The predicted octanol–water partition coefficient (Wildman–Crippen LogP) is 18.2. The molecular weight excluding hydrogens is 849 g/mol. The standard InChI is InChI=1S/C66H46N4/c1-5-23-49(24-6-1)67(55-39-41-61-59-35-15-17-37-63(59)69(65(61)45-55)51-27-9-3-10-28-51)53-31-19-21-47(43-53)57-33-13-14-34-58(57)48-22-20-32-54(44-48)68(50-25-7-2-8-26-50)56-40-42-62-60-36-16-18-38-64(60)70(66(62)46-56)52-29-11-4-12-30-52/h1-46H. The van der Waals surface area contributed by atoms with Crippen LogP contribution in [0, 0.1) is 0 Å². The summed E-state index contributed by atoms with van der Waals surface area (Å²) in [6.07, 6.45) is 0. The molecule has 2 heterocycles. The summed E-state index contributed by atoms with van der Waals surface area (Å²) in [7, 11) is 0. The average Bonchev–Trinajstić information content (AvgIpc) is 3.94. The van der Waals surface area contributed by atoms with Crippen LogP contribution in [-0.4, -0.2) is 9.13 Å². The Morgan fingerprint density at radius 3 is 0.971 bits per heavy atom. The third-order valence-electron chi connectivity index (χ3n) is 13.6. The molecule has 0 unspecified atom stereocenters. The highest BCUT2D eigenvalue weighted by molar-refractivity contribution is 6.11. The van der Waals surface area contributed by atoms with Crippen LogP contribution < -0.4 is 9.80 Å². The van der Waals surface area contributed by atoms with Crippen molar-refractivity contribution in [2.75, 3.05) is 9.80 Å². The van der Waals surface area contributed by atoms with Crippen molar-refractivity contribution in [2.24, 2.45) is 0 Å². The van der Waals surface area contributed by atoms with E-state index >= 15 is 0 Å². The number of hydrogen-bond acceptors (Lipinski definition) is 2. The number of rotatable bonds is 10. The van der Waals surface area contributed by atoms with Gasteiger partial charge < -0.3 is 18.9 Å². The third kappa shape index (κ3) is 7.10. The number of hydrogen-bond donors (Lipinski definition) is 0. The van der Waals surface area contributed by atoms with E-state index in [1.807, 2.05) is 0 Å². The van der Waals surface area contributed by atoms with Crippen molar-refractivity contribution < 1.29 is 0 Å². The quantitative estimate of drug-likeness (QED) is 0.136. The molecule has 0 aliphatic heterocycles. The van der Waals surface area contributed by atoms with Crippen LogP contribution in [-0.2, 0) is 0 Å². The van der Waals surface area contributed by atoms with Crippen LogP contribution in [0.15, 0.2) is 279 Å².